The van der Waals surface area contributed by atoms with Crippen LogP contribution in [0, 0.1) is 13.8 Å². The zero-order chi connectivity index (χ0) is 21.0. The fraction of sp³-hybridized carbons (Fsp3) is 0.261. The van der Waals surface area contributed by atoms with Gasteiger partial charge in [-0.2, -0.15) is 5.10 Å². The molecule has 1 atom stereocenters. The lowest BCUT2D eigenvalue weighted by molar-refractivity contribution is -0.132. The van der Waals surface area contributed by atoms with E-state index in [2.05, 4.69) is 10.4 Å². The van der Waals surface area contributed by atoms with Crippen LogP contribution in [0.5, 0.6) is 0 Å². The number of nitrogens with one attached hydrogen (secondary N) is 1. The number of amides is 2. The minimum Gasteiger partial charge on any atom is -0.341 e. The van der Waals surface area contributed by atoms with Crippen molar-refractivity contribution in [2.75, 3.05) is 7.05 Å². The quantitative estimate of drug-likeness (QED) is 0.702. The summed E-state index contributed by atoms with van der Waals surface area (Å²) in [7, 11) is 1.74. The maximum Gasteiger partial charge on any atom is 0.251 e. The molecule has 0 unspecified atom stereocenters. The number of hydrogen-bond donors (Lipinski definition) is 1. The first-order chi connectivity index (χ1) is 13.9. The van der Waals surface area contributed by atoms with Crippen molar-refractivity contribution in [1.29, 1.82) is 0 Å². The second-order valence-electron chi connectivity index (χ2n) is 7.15. The molecule has 1 aromatic heterocycles. The van der Waals surface area contributed by atoms with Gasteiger partial charge in [-0.25, -0.2) is 4.68 Å². The van der Waals surface area contributed by atoms with Crippen molar-refractivity contribution < 1.29 is 9.59 Å². The molecular weight excluding hydrogens is 364 g/mol. The van der Waals surface area contributed by atoms with Crippen molar-refractivity contribution in [2.24, 2.45) is 0 Å². The summed E-state index contributed by atoms with van der Waals surface area (Å²) in [6, 6.07) is 18.2. The third-order valence-electron chi connectivity index (χ3n) is 4.97. The van der Waals surface area contributed by atoms with Crippen LogP contribution < -0.4 is 5.32 Å². The van der Waals surface area contributed by atoms with Gasteiger partial charge in [0.05, 0.1) is 11.4 Å². The van der Waals surface area contributed by atoms with Gasteiger partial charge in [-0.1, -0.05) is 36.4 Å². The summed E-state index contributed by atoms with van der Waals surface area (Å²) in [5.74, 6) is -0.412. The van der Waals surface area contributed by atoms with Crippen LogP contribution >= 0.6 is 0 Å². The Kier molecular flexibility index (Phi) is 6.12. The number of rotatable bonds is 6. The summed E-state index contributed by atoms with van der Waals surface area (Å²) in [5, 5.41) is 7.41. The van der Waals surface area contributed by atoms with E-state index in [1.807, 2.05) is 54.9 Å². The van der Waals surface area contributed by atoms with Crippen molar-refractivity contribution in [1.82, 2.24) is 20.0 Å². The molecule has 1 heterocycles. The Bertz CT molecular complexity index is 996. The fourth-order valence-corrected chi connectivity index (χ4v) is 3.30. The van der Waals surface area contributed by atoms with E-state index in [1.165, 1.54) is 0 Å². The Morgan fingerprint density at radius 1 is 1.03 bits per heavy atom. The Balaban J connectivity index is 1.70. The van der Waals surface area contributed by atoms with Crippen molar-refractivity contribution in [3.05, 3.63) is 83.2 Å². The summed E-state index contributed by atoms with van der Waals surface area (Å²) < 4.78 is 1.89. The first-order valence-corrected chi connectivity index (χ1v) is 9.60. The predicted molar refractivity (Wildman–Crippen MR) is 113 cm³/mol. The average Bonchev–Trinajstić information content (AvgIpc) is 3.02. The normalized spacial score (nSPS) is 11.7. The smallest absolute Gasteiger partial charge is 0.251 e. The standard InChI is InChI=1S/C23H26N4O2/c1-16-21(18(3)27(25-16)20-13-9-6-10-14-20)15-26(4)23(29)17(2)24-22(28)19-11-7-5-8-12-19/h5-14,17H,15H2,1-4H3,(H,24,28)/t17-/m1/s1. The molecule has 3 aromatic rings. The minimum absolute atomic E-state index is 0.152. The fourth-order valence-electron chi connectivity index (χ4n) is 3.30. The monoisotopic (exact) mass is 390 g/mol. The number of benzene rings is 2. The molecule has 0 aliphatic heterocycles. The van der Waals surface area contributed by atoms with E-state index in [0.717, 1.165) is 22.6 Å². The molecule has 0 aliphatic rings. The highest BCUT2D eigenvalue weighted by Gasteiger charge is 2.22. The van der Waals surface area contributed by atoms with Gasteiger partial charge in [-0.15, -0.1) is 0 Å². The van der Waals surface area contributed by atoms with E-state index in [1.54, 1.807) is 43.1 Å². The largest absolute Gasteiger partial charge is 0.341 e. The SMILES string of the molecule is Cc1nn(-c2ccccc2)c(C)c1CN(C)C(=O)[C@@H](C)NC(=O)c1ccccc1. The van der Waals surface area contributed by atoms with Crippen LogP contribution in [-0.2, 0) is 11.3 Å². The summed E-state index contributed by atoms with van der Waals surface area (Å²) >= 11 is 0. The molecular formula is C23H26N4O2. The highest BCUT2D eigenvalue weighted by Crippen LogP contribution is 2.19. The second-order valence-corrected chi connectivity index (χ2v) is 7.15. The summed E-state index contributed by atoms with van der Waals surface area (Å²) in [4.78, 5) is 26.7. The van der Waals surface area contributed by atoms with Gasteiger partial charge in [0.2, 0.25) is 5.91 Å². The number of carbonyl (C=O) groups is 2. The molecule has 150 valence electrons. The third-order valence-corrected chi connectivity index (χ3v) is 4.97. The van der Waals surface area contributed by atoms with Gasteiger partial charge in [-0.3, -0.25) is 9.59 Å². The maximum atomic E-state index is 12.8. The van der Waals surface area contributed by atoms with E-state index < -0.39 is 6.04 Å². The predicted octanol–water partition coefficient (Wildman–Crippen LogP) is 3.27. The van der Waals surface area contributed by atoms with E-state index in [4.69, 9.17) is 0 Å². The van der Waals surface area contributed by atoms with Crippen molar-refractivity contribution in [2.45, 2.75) is 33.4 Å². The van der Waals surface area contributed by atoms with Gasteiger partial charge in [0.1, 0.15) is 6.04 Å². The summed E-state index contributed by atoms with van der Waals surface area (Å²) in [5.41, 5.74) is 4.40. The first kappa shape index (κ1) is 20.3. The zero-order valence-electron chi connectivity index (χ0n) is 17.2. The lowest BCUT2D eigenvalue weighted by atomic mass is 10.1. The Labute approximate surface area is 171 Å². The van der Waals surface area contributed by atoms with Crippen molar-refractivity contribution in [3.63, 3.8) is 0 Å². The van der Waals surface area contributed by atoms with Crippen LogP contribution in [-0.4, -0.2) is 39.6 Å². The zero-order valence-corrected chi connectivity index (χ0v) is 17.2. The Hall–Kier alpha value is -3.41. The molecule has 3 rings (SSSR count). The van der Waals surface area contributed by atoms with Crippen molar-refractivity contribution >= 4 is 11.8 Å². The molecule has 0 fully saturated rings. The van der Waals surface area contributed by atoms with Crippen LogP contribution in [0.2, 0.25) is 0 Å². The molecule has 0 aliphatic carbocycles. The van der Waals surface area contributed by atoms with Gasteiger partial charge >= 0.3 is 0 Å². The van der Waals surface area contributed by atoms with Crippen molar-refractivity contribution in [3.8, 4) is 5.69 Å². The lowest BCUT2D eigenvalue weighted by Gasteiger charge is -2.22. The van der Waals surface area contributed by atoms with Gasteiger partial charge in [0.25, 0.3) is 5.91 Å². The van der Waals surface area contributed by atoms with E-state index >= 15 is 0 Å². The number of aryl methyl sites for hydroxylation is 1. The van der Waals surface area contributed by atoms with Gasteiger partial charge in [-0.05, 0) is 45.0 Å². The Morgan fingerprint density at radius 3 is 2.24 bits per heavy atom. The van der Waals surface area contributed by atoms with Crippen LogP contribution in [0.1, 0.15) is 34.2 Å². The third kappa shape index (κ3) is 4.54. The van der Waals surface area contributed by atoms with Gasteiger partial charge < -0.3 is 10.2 Å². The second kappa shape index (κ2) is 8.73. The topological polar surface area (TPSA) is 67.2 Å². The number of aromatic nitrogens is 2. The number of hydrogen-bond acceptors (Lipinski definition) is 3. The first-order valence-electron chi connectivity index (χ1n) is 9.60. The molecule has 6 nitrogen and oxygen atoms in total. The molecule has 0 saturated heterocycles. The van der Waals surface area contributed by atoms with Crippen LogP contribution in [0.3, 0.4) is 0 Å². The molecule has 6 heteroatoms. The Morgan fingerprint density at radius 2 is 1.62 bits per heavy atom. The highest BCUT2D eigenvalue weighted by atomic mass is 16.2. The molecule has 2 aromatic carbocycles. The number of carbonyl (C=O) groups excluding carboxylic acids is 2. The number of likely N-dealkylation sites (N-methyl/N-ethyl adjacent to an activating group) is 1. The number of nitrogens with zero attached hydrogens (tertiary/aromatic N) is 3. The molecule has 0 spiro atoms. The highest BCUT2D eigenvalue weighted by molar-refractivity contribution is 5.97. The average molecular weight is 390 g/mol. The summed E-state index contributed by atoms with van der Waals surface area (Å²) in [6.45, 7) is 6.07. The van der Waals surface area contributed by atoms with Crippen LogP contribution in [0.4, 0.5) is 0 Å². The van der Waals surface area contributed by atoms with Crippen LogP contribution in [0.25, 0.3) is 5.69 Å². The minimum atomic E-state index is -0.627. The van der Waals surface area contributed by atoms with Gasteiger partial charge in [0, 0.05) is 30.4 Å². The summed E-state index contributed by atoms with van der Waals surface area (Å²) in [6.07, 6.45) is 0. The molecule has 29 heavy (non-hydrogen) atoms. The molecule has 0 bridgehead atoms. The molecule has 0 radical (unpaired) electrons. The molecule has 0 saturated carbocycles. The maximum absolute atomic E-state index is 12.8. The van der Waals surface area contributed by atoms with E-state index in [9.17, 15) is 9.59 Å². The van der Waals surface area contributed by atoms with E-state index in [-0.39, 0.29) is 11.8 Å². The molecule has 1 N–H and O–H groups in total. The van der Waals surface area contributed by atoms with E-state index in [0.29, 0.717) is 12.1 Å². The van der Waals surface area contributed by atoms with Gasteiger partial charge in [0.15, 0.2) is 0 Å². The molecule has 2 amide bonds. The van der Waals surface area contributed by atoms with Crippen LogP contribution in [0.15, 0.2) is 60.7 Å². The lowest BCUT2D eigenvalue weighted by Crippen LogP contribution is -2.45. The number of para-hydroxylation sites is 1.